The fourth-order valence-electron chi connectivity index (χ4n) is 2.58. The van der Waals surface area contributed by atoms with Crippen LogP contribution in [0, 0.1) is 0 Å². The average Bonchev–Trinajstić information content (AvgIpc) is 2.96. The Balaban J connectivity index is 1.70. The molecule has 0 saturated heterocycles. The van der Waals surface area contributed by atoms with Crippen molar-refractivity contribution in [3.8, 4) is 5.75 Å². The molecular formula is C19H21NO3. The van der Waals surface area contributed by atoms with E-state index in [9.17, 15) is 5.11 Å². The van der Waals surface area contributed by atoms with Crippen LogP contribution >= 0.6 is 0 Å². The molecule has 0 spiro atoms. The first-order valence-corrected chi connectivity index (χ1v) is 7.81. The Kier molecular flexibility index (Phi) is 4.95. The van der Waals surface area contributed by atoms with Gasteiger partial charge >= 0.3 is 0 Å². The number of aliphatic hydroxyl groups is 1. The van der Waals surface area contributed by atoms with E-state index in [2.05, 4.69) is 0 Å². The Labute approximate surface area is 135 Å². The van der Waals surface area contributed by atoms with Gasteiger partial charge in [-0.3, -0.25) is 0 Å². The number of hydrogen-bond acceptors (Lipinski definition) is 3. The molecule has 0 amide bonds. The number of ether oxygens (including phenoxy) is 2. The summed E-state index contributed by atoms with van der Waals surface area (Å²) >= 11 is 0. The van der Waals surface area contributed by atoms with Gasteiger partial charge in [0.05, 0.1) is 6.54 Å². The third kappa shape index (κ3) is 3.92. The lowest BCUT2D eigenvalue weighted by molar-refractivity contribution is -0.103. The molecule has 3 rings (SSSR count). The average molecular weight is 311 g/mol. The summed E-state index contributed by atoms with van der Waals surface area (Å²) < 4.78 is 13.0. The summed E-state index contributed by atoms with van der Waals surface area (Å²) in [7, 11) is 0. The molecule has 3 aromatic rings. The minimum Gasteiger partial charge on any atom is -0.489 e. The topological polar surface area (TPSA) is 43.6 Å². The molecule has 120 valence electrons. The first-order valence-electron chi connectivity index (χ1n) is 7.81. The van der Waals surface area contributed by atoms with Crippen molar-refractivity contribution in [2.24, 2.45) is 0 Å². The second kappa shape index (κ2) is 7.31. The normalized spacial score (nSPS) is 12.4. The van der Waals surface area contributed by atoms with Gasteiger partial charge in [0.2, 0.25) is 0 Å². The van der Waals surface area contributed by atoms with Crippen LogP contribution in [0.3, 0.4) is 0 Å². The van der Waals surface area contributed by atoms with Crippen LogP contribution in [0.1, 0.15) is 12.5 Å². The fraction of sp³-hybridized carbons (Fsp3) is 0.263. The van der Waals surface area contributed by atoms with Crippen molar-refractivity contribution in [1.82, 2.24) is 4.57 Å². The van der Waals surface area contributed by atoms with Crippen LogP contribution < -0.4 is 4.74 Å². The first-order chi connectivity index (χ1) is 11.3. The molecule has 4 nitrogen and oxygen atoms in total. The van der Waals surface area contributed by atoms with E-state index in [4.69, 9.17) is 9.47 Å². The molecule has 0 bridgehead atoms. The standard InChI is InChI=1S/C19H21NO3/c1-2-22-19(21)13-20-11-10-16-12-17(8-9-18(16)20)23-14-15-6-4-3-5-7-15/h3-12,19,21H,2,13-14H2,1H3. The lowest BCUT2D eigenvalue weighted by atomic mass is 10.2. The van der Waals surface area contributed by atoms with Crippen LogP contribution in [0.5, 0.6) is 5.75 Å². The molecule has 23 heavy (non-hydrogen) atoms. The summed E-state index contributed by atoms with van der Waals surface area (Å²) in [5.41, 5.74) is 2.20. The molecule has 0 radical (unpaired) electrons. The Morgan fingerprint density at radius 1 is 1.09 bits per heavy atom. The Hall–Kier alpha value is -2.30. The van der Waals surface area contributed by atoms with E-state index >= 15 is 0 Å². The van der Waals surface area contributed by atoms with Crippen molar-refractivity contribution in [2.45, 2.75) is 26.4 Å². The van der Waals surface area contributed by atoms with Crippen LogP contribution in [-0.2, 0) is 17.9 Å². The lowest BCUT2D eigenvalue weighted by Gasteiger charge is -2.12. The van der Waals surface area contributed by atoms with Gasteiger partial charge in [0.15, 0.2) is 6.29 Å². The largest absolute Gasteiger partial charge is 0.489 e. The maximum atomic E-state index is 9.78. The molecule has 1 N–H and O–H groups in total. The third-order valence-corrected chi connectivity index (χ3v) is 3.70. The summed E-state index contributed by atoms with van der Waals surface area (Å²) in [4.78, 5) is 0. The molecule has 1 aromatic heterocycles. The highest BCUT2D eigenvalue weighted by molar-refractivity contribution is 5.81. The Morgan fingerprint density at radius 3 is 2.70 bits per heavy atom. The van der Waals surface area contributed by atoms with Crippen LogP contribution in [0.25, 0.3) is 10.9 Å². The van der Waals surface area contributed by atoms with Crippen molar-refractivity contribution >= 4 is 10.9 Å². The minimum absolute atomic E-state index is 0.418. The van der Waals surface area contributed by atoms with Gasteiger partial charge in [0.1, 0.15) is 12.4 Å². The highest BCUT2D eigenvalue weighted by atomic mass is 16.6. The van der Waals surface area contributed by atoms with Gasteiger partial charge in [-0.1, -0.05) is 30.3 Å². The number of aromatic nitrogens is 1. The van der Waals surface area contributed by atoms with E-state index in [0.717, 1.165) is 22.2 Å². The zero-order valence-electron chi connectivity index (χ0n) is 13.2. The van der Waals surface area contributed by atoms with Gasteiger partial charge in [-0.2, -0.15) is 0 Å². The second-order valence-corrected chi connectivity index (χ2v) is 5.37. The van der Waals surface area contributed by atoms with Crippen LogP contribution in [0.2, 0.25) is 0 Å². The van der Waals surface area contributed by atoms with Gasteiger partial charge in [0, 0.05) is 23.7 Å². The van der Waals surface area contributed by atoms with E-state index in [-0.39, 0.29) is 0 Å². The summed E-state index contributed by atoms with van der Waals surface area (Å²) in [6, 6.07) is 18.1. The monoisotopic (exact) mass is 311 g/mol. The van der Waals surface area contributed by atoms with Crippen molar-refractivity contribution in [1.29, 1.82) is 0 Å². The van der Waals surface area contributed by atoms with E-state index < -0.39 is 6.29 Å². The summed E-state index contributed by atoms with van der Waals surface area (Å²) in [5, 5.41) is 10.9. The van der Waals surface area contributed by atoms with E-state index in [1.54, 1.807) is 0 Å². The summed E-state index contributed by atoms with van der Waals surface area (Å²) in [6.45, 7) is 3.34. The molecule has 4 heteroatoms. The quantitative estimate of drug-likeness (QED) is 0.678. The molecule has 0 aliphatic carbocycles. The zero-order valence-corrected chi connectivity index (χ0v) is 13.2. The maximum Gasteiger partial charge on any atom is 0.172 e. The number of nitrogens with zero attached hydrogens (tertiary/aromatic N) is 1. The van der Waals surface area contributed by atoms with Crippen LogP contribution in [0.4, 0.5) is 0 Å². The van der Waals surface area contributed by atoms with E-state index in [1.807, 2.05) is 72.3 Å². The van der Waals surface area contributed by atoms with Gasteiger partial charge in [-0.05, 0) is 36.8 Å². The maximum absolute atomic E-state index is 9.78. The lowest BCUT2D eigenvalue weighted by Crippen LogP contribution is -2.18. The molecule has 1 atom stereocenters. The van der Waals surface area contributed by atoms with Crippen molar-refractivity contribution in [3.63, 3.8) is 0 Å². The molecule has 0 aliphatic heterocycles. The van der Waals surface area contributed by atoms with Gasteiger partial charge in [0.25, 0.3) is 0 Å². The molecule has 0 fully saturated rings. The molecular weight excluding hydrogens is 290 g/mol. The second-order valence-electron chi connectivity index (χ2n) is 5.37. The molecule has 1 unspecified atom stereocenters. The fourth-order valence-corrected chi connectivity index (χ4v) is 2.58. The SMILES string of the molecule is CCOC(O)Cn1ccc2cc(OCc3ccccc3)ccc21. The van der Waals surface area contributed by atoms with Crippen molar-refractivity contribution in [2.75, 3.05) is 6.61 Å². The minimum atomic E-state index is -0.787. The predicted molar refractivity (Wildman–Crippen MR) is 90.3 cm³/mol. The highest BCUT2D eigenvalue weighted by Crippen LogP contribution is 2.23. The third-order valence-electron chi connectivity index (χ3n) is 3.70. The van der Waals surface area contributed by atoms with Crippen molar-refractivity contribution < 1.29 is 14.6 Å². The molecule has 2 aromatic carbocycles. The number of fused-ring (bicyclic) bond motifs is 1. The van der Waals surface area contributed by atoms with Gasteiger partial charge in [-0.15, -0.1) is 0 Å². The molecule has 0 saturated carbocycles. The number of aliphatic hydroxyl groups excluding tert-OH is 1. The van der Waals surface area contributed by atoms with Gasteiger partial charge in [-0.25, -0.2) is 0 Å². The smallest absolute Gasteiger partial charge is 0.172 e. The van der Waals surface area contributed by atoms with E-state index in [0.29, 0.717) is 19.8 Å². The van der Waals surface area contributed by atoms with E-state index in [1.165, 1.54) is 0 Å². The van der Waals surface area contributed by atoms with Gasteiger partial charge < -0.3 is 19.1 Å². The molecule has 1 heterocycles. The number of rotatable bonds is 7. The highest BCUT2D eigenvalue weighted by Gasteiger charge is 2.08. The molecule has 0 aliphatic rings. The Morgan fingerprint density at radius 2 is 1.91 bits per heavy atom. The van der Waals surface area contributed by atoms with Crippen LogP contribution in [0.15, 0.2) is 60.8 Å². The summed E-state index contributed by atoms with van der Waals surface area (Å²) in [5.74, 6) is 0.837. The predicted octanol–water partition coefficient (Wildman–Crippen LogP) is 3.58. The summed E-state index contributed by atoms with van der Waals surface area (Å²) in [6.07, 6.45) is 1.16. The number of hydrogen-bond donors (Lipinski definition) is 1. The van der Waals surface area contributed by atoms with Crippen LogP contribution in [-0.4, -0.2) is 22.6 Å². The number of benzene rings is 2. The Bertz CT molecular complexity index is 752. The van der Waals surface area contributed by atoms with Crippen molar-refractivity contribution in [3.05, 3.63) is 66.4 Å². The zero-order chi connectivity index (χ0) is 16.1. The first kappa shape index (κ1) is 15.6.